The lowest BCUT2D eigenvalue weighted by molar-refractivity contribution is -0.118. The lowest BCUT2D eigenvalue weighted by Gasteiger charge is -2.32. The zero-order chi connectivity index (χ0) is 15.8. The van der Waals surface area contributed by atoms with E-state index in [9.17, 15) is 4.79 Å². The first kappa shape index (κ1) is 17.2. The maximum atomic E-state index is 11.9. The van der Waals surface area contributed by atoms with Crippen molar-refractivity contribution in [2.24, 2.45) is 5.92 Å². The van der Waals surface area contributed by atoms with Crippen LogP contribution in [0.25, 0.3) is 0 Å². The topological polar surface area (TPSA) is 58.1 Å². The number of hydrogen-bond acceptors (Lipinski definition) is 5. The highest BCUT2D eigenvalue weighted by atomic mass is 32.2. The molecule has 0 saturated carbocycles. The zero-order valence-corrected chi connectivity index (χ0v) is 14.4. The highest BCUT2D eigenvalue weighted by Gasteiger charge is 2.19. The Morgan fingerprint density at radius 2 is 2.23 bits per heavy atom. The van der Waals surface area contributed by atoms with Gasteiger partial charge >= 0.3 is 0 Å². The fourth-order valence-corrected chi connectivity index (χ4v) is 3.35. The largest absolute Gasteiger partial charge is 0.355 e. The van der Waals surface area contributed by atoms with Crippen LogP contribution in [0, 0.1) is 12.8 Å². The summed E-state index contributed by atoms with van der Waals surface area (Å²) in [7, 11) is 0. The van der Waals surface area contributed by atoms with Crippen molar-refractivity contribution < 1.29 is 4.79 Å². The summed E-state index contributed by atoms with van der Waals surface area (Å²) in [5.41, 5.74) is 1.03. The summed E-state index contributed by atoms with van der Waals surface area (Å²) in [5, 5.41) is 3.71. The van der Waals surface area contributed by atoms with E-state index in [1.54, 1.807) is 12.4 Å². The van der Waals surface area contributed by atoms with Crippen LogP contribution in [0.5, 0.6) is 0 Å². The van der Waals surface area contributed by atoms with Gasteiger partial charge in [0.25, 0.3) is 0 Å². The Morgan fingerprint density at radius 3 is 2.95 bits per heavy atom. The van der Waals surface area contributed by atoms with Gasteiger partial charge in [-0.2, -0.15) is 0 Å². The first-order valence-electron chi connectivity index (χ1n) is 8.08. The summed E-state index contributed by atoms with van der Waals surface area (Å²) in [5.74, 6) is 1.04. The molecule has 1 atom stereocenters. The van der Waals surface area contributed by atoms with Gasteiger partial charge in [-0.15, -0.1) is 0 Å². The third-order valence-electron chi connectivity index (χ3n) is 3.82. The van der Waals surface area contributed by atoms with Gasteiger partial charge in [-0.05, 0) is 50.8 Å². The van der Waals surface area contributed by atoms with Crippen molar-refractivity contribution in [1.82, 2.24) is 20.2 Å². The van der Waals surface area contributed by atoms with Crippen molar-refractivity contribution in [3.05, 3.63) is 18.0 Å². The van der Waals surface area contributed by atoms with Crippen LogP contribution in [-0.4, -0.2) is 52.7 Å². The zero-order valence-electron chi connectivity index (χ0n) is 13.5. The molecule has 1 aromatic heterocycles. The molecular weight excluding hydrogens is 296 g/mol. The molecule has 1 amide bonds. The average Bonchev–Trinajstić information content (AvgIpc) is 2.53. The Kier molecular flexibility index (Phi) is 7.12. The van der Waals surface area contributed by atoms with Crippen LogP contribution < -0.4 is 5.32 Å². The number of thioether (sulfide) groups is 1. The van der Waals surface area contributed by atoms with Crippen molar-refractivity contribution in [2.75, 3.05) is 31.9 Å². The minimum absolute atomic E-state index is 0.0711. The molecule has 0 aliphatic carbocycles. The van der Waals surface area contributed by atoms with Crippen LogP contribution in [0.1, 0.15) is 31.7 Å². The van der Waals surface area contributed by atoms with E-state index in [1.165, 1.54) is 44.1 Å². The summed E-state index contributed by atoms with van der Waals surface area (Å²) in [6.07, 6.45) is 7.21. The molecule has 0 spiro atoms. The first-order valence-corrected chi connectivity index (χ1v) is 9.06. The van der Waals surface area contributed by atoms with Gasteiger partial charge < -0.3 is 10.2 Å². The van der Waals surface area contributed by atoms with Crippen LogP contribution >= 0.6 is 11.8 Å². The van der Waals surface area contributed by atoms with Gasteiger partial charge in [0.2, 0.25) is 5.91 Å². The second kappa shape index (κ2) is 9.10. The van der Waals surface area contributed by atoms with Gasteiger partial charge in [-0.3, -0.25) is 4.79 Å². The third-order valence-corrected chi connectivity index (χ3v) is 4.70. The summed E-state index contributed by atoms with van der Waals surface area (Å²) in [6.45, 7) is 8.45. The highest BCUT2D eigenvalue weighted by molar-refractivity contribution is 7.99. The first-order chi connectivity index (χ1) is 10.7. The van der Waals surface area contributed by atoms with Crippen LogP contribution in [0.15, 0.2) is 17.6 Å². The summed E-state index contributed by atoms with van der Waals surface area (Å²) < 4.78 is 0. The molecule has 1 aliphatic rings. The van der Waals surface area contributed by atoms with E-state index in [0.717, 1.165) is 18.7 Å². The molecule has 1 fully saturated rings. The Bertz CT molecular complexity index is 464. The van der Waals surface area contributed by atoms with Crippen molar-refractivity contribution >= 4 is 17.7 Å². The molecule has 5 nitrogen and oxygen atoms in total. The molecule has 2 rings (SSSR count). The van der Waals surface area contributed by atoms with E-state index in [-0.39, 0.29) is 5.91 Å². The quantitative estimate of drug-likeness (QED) is 0.615. The van der Waals surface area contributed by atoms with Gasteiger partial charge in [0.05, 0.1) is 5.75 Å². The van der Waals surface area contributed by atoms with Crippen LogP contribution in [0.2, 0.25) is 0 Å². The Hall–Kier alpha value is -1.14. The van der Waals surface area contributed by atoms with Crippen LogP contribution in [0.4, 0.5) is 0 Å². The van der Waals surface area contributed by atoms with Crippen molar-refractivity contribution in [3.63, 3.8) is 0 Å². The van der Waals surface area contributed by atoms with E-state index in [4.69, 9.17) is 0 Å². The number of carbonyl (C=O) groups excluding carboxylic acids is 1. The number of amides is 1. The molecule has 1 aromatic rings. The number of likely N-dealkylation sites (tertiary alicyclic amines) is 1. The molecule has 22 heavy (non-hydrogen) atoms. The molecular formula is C16H26N4OS. The molecule has 122 valence electrons. The second-order valence-electron chi connectivity index (χ2n) is 5.94. The minimum Gasteiger partial charge on any atom is -0.355 e. The van der Waals surface area contributed by atoms with Crippen molar-refractivity contribution in [3.8, 4) is 0 Å². The molecule has 1 N–H and O–H groups in total. The summed E-state index contributed by atoms with van der Waals surface area (Å²) in [4.78, 5) is 22.8. The highest BCUT2D eigenvalue weighted by Crippen LogP contribution is 2.16. The SMILES string of the molecule is CCCN1CCCC(CNC(=O)CSc2ncc(C)cn2)C1. The minimum atomic E-state index is 0.0711. The standard InChI is InChI=1S/C16H26N4OS/c1-3-6-20-7-4-5-14(11-20)10-17-15(21)12-22-16-18-8-13(2)9-19-16/h8-9,14H,3-7,10-12H2,1-2H3,(H,17,21). The number of carbonyl (C=O) groups is 1. The number of nitrogens with one attached hydrogen (secondary N) is 1. The summed E-state index contributed by atoms with van der Waals surface area (Å²) in [6, 6.07) is 0. The second-order valence-corrected chi connectivity index (χ2v) is 6.89. The predicted molar refractivity (Wildman–Crippen MR) is 90.0 cm³/mol. The fraction of sp³-hybridized carbons (Fsp3) is 0.688. The van der Waals surface area contributed by atoms with E-state index in [1.807, 2.05) is 6.92 Å². The monoisotopic (exact) mass is 322 g/mol. The maximum absolute atomic E-state index is 11.9. The molecule has 0 bridgehead atoms. The number of piperidine rings is 1. The van der Waals surface area contributed by atoms with Gasteiger partial charge in [0.1, 0.15) is 0 Å². The van der Waals surface area contributed by atoms with Crippen LogP contribution in [0.3, 0.4) is 0 Å². The molecule has 0 aromatic carbocycles. The summed E-state index contributed by atoms with van der Waals surface area (Å²) >= 11 is 1.39. The molecule has 1 unspecified atom stereocenters. The van der Waals surface area contributed by atoms with Gasteiger partial charge in [0, 0.05) is 25.5 Å². The molecule has 6 heteroatoms. The Balaban J connectivity index is 1.65. The maximum Gasteiger partial charge on any atom is 0.230 e. The number of aromatic nitrogens is 2. The number of rotatable bonds is 7. The van der Waals surface area contributed by atoms with Gasteiger partial charge in [0.15, 0.2) is 5.16 Å². The molecule has 0 radical (unpaired) electrons. The van der Waals surface area contributed by atoms with Crippen LogP contribution in [-0.2, 0) is 4.79 Å². The van der Waals surface area contributed by atoms with Crippen molar-refractivity contribution in [1.29, 1.82) is 0 Å². The lowest BCUT2D eigenvalue weighted by Crippen LogP contribution is -2.41. The Morgan fingerprint density at radius 1 is 1.45 bits per heavy atom. The average molecular weight is 322 g/mol. The molecule has 2 heterocycles. The lowest BCUT2D eigenvalue weighted by atomic mass is 9.98. The van der Waals surface area contributed by atoms with Gasteiger partial charge in [-0.25, -0.2) is 9.97 Å². The predicted octanol–water partition coefficient (Wildman–Crippen LogP) is 2.12. The van der Waals surface area contributed by atoms with E-state index in [2.05, 4.69) is 27.1 Å². The van der Waals surface area contributed by atoms with E-state index < -0.39 is 0 Å². The normalized spacial score (nSPS) is 19.1. The fourth-order valence-electron chi connectivity index (χ4n) is 2.73. The smallest absolute Gasteiger partial charge is 0.230 e. The number of aryl methyl sites for hydroxylation is 1. The van der Waals surface area contributed by atoms with E-state index >= 15 is 0 Å². The number of nitrogens with zero attached hydrogens (tertiary/aromatic N) is 3. The van der Waals surface area contributed by atoms with E-state index in [0.29, 0.717) is 16.8 Å². The molecule has 1 aliphatic heterocycles. The van der Waals surface area contributed by atoms with Crippen molar-refractivity contribution in [2.45, 2.75) is 38.3 Å². The van der Waals surface area contributed by atoms with Gasteiger partial charge in [-0.1, -0.05) is 18.7 Å². The number of hydrogen-bond donors (Lipinski definition) is 1. The Labute approximate surface area is 137 Å². The molecule has 1 saturated heterocycles. The third kappa shape index (κ3) is 5.93.